The van der Waals surface area contributed by atoms with Crippen LogP contribution in [0.2, 0.25) is 0 Å². The molecule has 32 heavy (non-hydrogen) atoms. The van der Waals surface area contributed by atoms with Gasteiger partial charge in [0.15, 0.2) is 5.75 Å². The van der Waals surface area contributed by atoms with E-state index in [9.17, 15) is 9.90 Å². The van der Waals surface area contributed by atoms with Gasteiger partial charge in [0.1, 0.15) is 5.75 Å². The summed E-state index contributed by atoms with van der Waals surface area (Å²) in [4.78, 5) is 13.4. The lowest BCUT2D eigenvalue weighted by atomic mass is 10.1. The molecule has 5 heteroatoms. The fraction of sp³-hybridized carbons (Fsp3) is 0.667. The maximum atomic E-state index is 13.4. The summed E-state index contributed by atoms with van der Waals surface area (Å²) in [6.07, 6.45) is 13.3. The molecule has 1 N–H and O–H groups in total. The van der Waals surface area contributed by atoms with E-state index in [4.69, 9.17) is 9.47 Å². The predicted octanol–water partition coefficient (Wildman–Crippen LogP) is 7.21. The fourth-order valence-electron chi connectivity index (χ4n) is 3.96. The van der Waals surface area contributed by atoms with Gasteiger partial charge in [-0.25, -0.2) is 0 Å². The first-order valence-electron chi connectivity index (χ1n) is 12.8. The molecule has 0 spiro atoms. The van der Waals surface area contributed by atoms with E-state index in [0.717, 1.165) is 43.9 Å². The van der Waals surface area contributed by atoms with Gasteiger partial charge in [-0.2, -0.15) is 0 Å². The topological polar surface area (TPSA) is 60.7 Å². The molecule has 0 aliphatic rings. The molecule has 0 aliphatic carbocycles. The monoisotopic (exact) mass is 445 g/mol. The zero-order chi connectivity index (χ0) is 23.2. The van der Waals surface area contributed by atoms with Crippen LogP contribution in [0.5, 0.6) is 17.2 Å². The third-order valence-corrected chi connectivity index (χ3v) is 5.89. The Balaban J connectivity index is 2.29. The molecule has 1 heterocycles. The first-order chi connectivity index (χ1) is 15.6. The molecule has 1 aromatic carbocycles. The molecule has 0 bridgehead atoms. The van der Waals surface area contributed by atoms with E-state index >= 15 is 0 Å². The molecular formula is C27H43NO4. The molecule has 180 valence electrons. The number of pyridine rings is 1. The number of unbranched alkanes of at least 4 members (excludes halogenated alkanes) is 9. The molecule has 0 atom stereocenters. The predicted molar refractivity (Wildman–Crippen MR) is 133 cm³/mol. The summed E-state index contributed by atoms with van der Waals surface area (Å²) in [6, 6.07) is 5.15. The van der Waals surface area contributed by atoms with E-state index < -0.39 is 0 Å². The van der Waals surface area contributed by atoms with Crippen molar-refractivity contribution in [3.63, 3.8) is 0 Å². The highest BCUT2D eigenvalue weighted by Gasteiger charge is 2.20. The summed E-state index contributed by atoms with van der Waals surface area (Å²) in [7, 11) is 0. The van der Waals surface area contributed by atoms with Gasteiger partial charge in [-0.3, -0.25) is 4.79 Å². The zero-order valence-corrected chi connectivity index (χ0v) is 20.5. The number of phenols is 1. The van der Waals surface area contributed by atoms with Crippen LogP contribution in [-0.4, -0.2) is 22.9 Å². The van der Waals surface area contributed by atoms with Crippen molar-refractivity contribution in [3.05, 3.63) is 28.6 Å². The molecule has 2 rings (SSSR count). The fourth-order valence-corrected chi connectivity index (χ4v) is 3.96. The number of hydrogen-bond acceptors (Lipinski definition) is 4. The highest BCUT2D eigenvalue weighted by Crippen LogP contribution is 2.35. The molecule has 0 fully saturated rings. The zero-order valence-electron chi connectivity index (χ0n) is 20.5. The van der Waals surface area contributed by atoms with E-state index in [2.05, 4.69) is 20.8 Å². The van der Waals surface area contributed by atoms with Gasteiger partial charge in [0.2, 0.25) is 5.75 Å². The molecule has 2 aromatic rings. The van der Waals surface area contributed by atoms with Crippen molar-refractivity contribution in [2.45, 2.75) is 104 Å². The van der Waals surface area contributed by atoms with Crippen LogP contribution < -0.4 is 15.0 Å². The Labute approximate surface area is 193 Å². The van der Waals surface area contributed by atoms with Gasteiger partial charge < -0.3 is 19.1 Å². The van der Waals surface area contributed by atoms with E-state index in [1.54, 1.807) is 16.7 Å². The van der Waals surface area contributed by atoms with Crippen molar-refractivity contribution in [2.24, 2.45) is 0 Å². The summed E-state index contributed by atoms with van der Waals surface area (Å²) < 4.78 is 14.0. The van der Waals surface area contributed by atoms with Gasteiger partial charge in [0.05, 0.1) is 18.7 Å². The first kappa shape index (κ1) is 26.1. The summed E-state index contributed by atoms with van der Waals surface area (Å²) in [6.45, 7) is 8.18. The number of aromatic hydroxyl groups is 1. The molecule has 0 aliphatic heterocycles. The number of hydrogen-bond donors (Lipinski definition) is 1. The minimum absolute atomic E-state index is 0.150. The van der Waals surface area contributed by atoms with Crippen molar-refractivity contribution < 1.29 is 14.6 Å². The normalized spacial score (nSPS) is 11.2. The maximum absolute atomic E-state index is 13.4. The lowest BCUT2D eigenvalue weighted by Crippen LogP contribution is -2.24. The van der Waals surface area contributed by atoms with Crippen molar-refractivity contribution in [1.29, 1.82) is 0 Å². The van der Waals surface area contributed by atoms with Crippen LogP contribution in [0.4, 0.5) is 0 Å². The third kappa shape index (κ3) is 7.75. The largest absolute Gasteiger partial charge is 0.508 e. The Morgan fingerprint density at radius 3 is 1.97 bits per heavy atom. The minimum atomic E-state index is -0.161. The Hall–Kier alpha value is -2.17. The second kappa shape index (κ2) is 14.8. The number of aryl methyl sites for hydroxylation is 1. The summed E-state index contributed by atoms with van der Waals surface area (Å²) in [5.74, 6) is 1.00. The van der Waals surface area contributed by atoms with Gasteiger partial charge in [-0.1, -0.05) is 78.6 Å². The van der Waals surface area contributed by atoms with Crippen molar-refractivity contribution in [1.82, 2.24) is 4.57 Å². The van der Waals surface area contributed by atoms with Gasteiger partial charge >= 0.3 is 0 Å². The number of ether oxygens (including phenoxy) is 2. The van der Waals surface area contributed by atoms with Gasteiger partial charge in [-0.05, 0) is 31.4 Å². The Bertz CT molecular complexity index is 859. The minimum Gasteiger partial charge on any atom is -0.508 e. The van der Waals surface area contributed by atoms with E-state index in [0.29, 0.717) is 36.8 Å². The van der Waals surface area contributed by atoms with Crippen LogP contribution in [-0.2, 0) is 6.54 Å². The number of aromatic nitrogens is 1. The second-order valence-electron chi connectivity index (χ2n) is 8.70. The molecule has 0 saturated heterocycles. The molecule has 0 saturated carbocycles. The second-order valence-corrected chi connectivity index (χ2v) is 8.70. The van der Waals surface area contributed by atoms with Gasteiger partial charge in [0, 0.05) is 18.0 Å². The van der Waals surface area contributed by atoms with E-state index in [1.807, 2.05) is 6.07 Å². The molecule has 5 nitrogen and oxygen atoms in total. The van der Waals surface area contributed by atoms with Crippen LogP contribution in [0.25, 0.3) is 10.9 Å². The van der Waals surface area contributed by atoms with Gasteiger partial charge in [0.25, 0.3) is 5.56 Å². The lowest BCUT2D eigenvalue weighted by Gasteiger charge is -2.19. The SMILES string of the molecule is CCCCCCCCOc1c(OCCCCCC)c2ccc(O)cc2n(CCCC)c1=O. The van der Waals surface area contributed by atoms with Gasteiger partial charge in [-0.15, -0.1) is 0 Å². The third-order valence-electron chi connectivity index (χ3n) is 5.89. The molecule has 0 unspecified atom stereocenters. The van der Waals surface area contributed by atoms with Crippen LogP contribution in [0, 0.1) is 0 Å². The number of phenolic OH excluding ortho intramolecular Hbond substituents is 1. The molecule has 0 radical (unpaired) electrons. The standard InChI is InChI=1S/C27H43NO4/c1-4-7-10-12-13-15-20-32-26-25(31-19-14-11-8-5-2)23-17-16-22(29)21-24(23)28(27(26)30)18-9-6-3/h16-17,21,29H,4-15,18-20H2,1-3H3. The highest BCUT2D eigenvalue weighted by molar-refractivity contribution is 5.89. The van der Waals surface area contributed by atoms with Crippen molar-refractivity contribution in [3.8, 4) is 17.2 Å². The van der Waals surface area contributed by atoms with Crippen LogP contribution >= 0.6 is 0 Å². The van der Waals surface area contributed by atoms with Crippen molar-refractivity contribution >= 4 is 10.9 Å². The summed E-state index contributed by atoms with van der Waals surface area (Å²) >= 11 is 0. The maximum Gasteiger partial charge on any atom is 0.297 e. The smallest absolute Gasteiger partial charge is 0.297 e. The van der Waals surface area contributed by atoms with Crippen LogP contribution in [0.3, 0.4) is 0 Å². The quantitative estimate of drug-likeness (QED) is 0.261. The Morgan fingerprint density at radius 1 is 0.750 bits per heavy atom. The first-order valence-corrected chi connectivity index (χ1v) is 12.8. The van der Waals surface area contributed by atoms with Crippen molar-refractivity contribution in [2.75, 3.05) is 13.2 Å². The Kier molecular flexibility index (Phi) is 12.1. The average Bonchev–Trinajstić information content (AvgIpc) is 2.79. The average molecular weight is 446 g/mol. The number of rotatable bonds is 17. The molecule has 0 amide bonds. The highest BCUT2D eigenvalue weighted by atomic mass is 16.5. The Morgan fingerprint density at radius 2 is 1.31 bits per heavy atom. The number of nitrogens with zero attached hydrogens (tertiary/aromatic N) is 1. The van der Waals surface area contributed by atoms with E-state index in [-0.39, 0.29) is 11.3 Å². The number of fused-ring (bicyclic) bond motifs is 1. The number of benzene rings is 1. The van der Waals surface area contributed by atoms with E-state index in [1.165, 1.54) is 38.5 Å². The molecular weight excluding hydrogens is 402 g/mol. The molecule has 1 aromatic heterocycles. The summed E-state index contributed by atoms with van der Waals surface area (Å²) in [5, 5.41) is 10.9. The summed E-state index contributed by atoms with van der Waals surface area (Å²) in [5.41, 5.74) is 0.546. The van der Waals surface area contributed by atoms with Crippen LogP contribution in [0.15, 0.2) is 23.0 Å². The van der Waals surface area contributed by atoms with Crippen LogP contribution in [0.1, 0.15) is 97.8 Å². The lowest BCUT2D eigenvalue weighted by molar-refractivity contribution is 0.256.